The number of hydrogen-bond acceptors (Lipinski definition) is 2. The molecule has 2 rings (SSSR count). The molecule has 1 aliphatic rings. The molecule has 0 radical (unpaired) electrons. The Hall–Kier alpha value is -0.940. The zero-order valence-corrected chi connectivity index (χ0v) is 12.0. The molecule has 1 saturated carbocycles. The normalized spacial score (nSPS) is 27.7. The molecule has 96 valence electrons. The van der Waals surface area contributed by atoms with E-state index in [1.54, 1.807) is 0 Å². The van der Waals surface area contributed by atoms with Gasteiger partial charge in [0.2, 0.25) is 0 Å². The van der Waals surface area contributed by atoms with Gasteiger partial charge < -0.3 is 0 Å². The lowest BCUT2D eigenvalue weighted by Crippen LogP contribution is -2.25. The maximum absolute atomic E-state index is 9.29. The van der Waals surface area contributed by atoms with Crippen molar-refractivity contribution < 1.29 is 0 Å². The molecule has 3 atom stereocenters. The van der Waals surface area contributed by atoms with E-state index in [2.05, 4.69) is 44.2 Å². The SMILES string of the molecule is CCC1CCC(C#N)C(Sc2cccc(C)c2)C1. The summed E-state index contributed by atoms with van der Waals surface area (Å²) in [5.41, 5.74) is 1.30. The fourth-order valence-corrected chi connectivity index (χ4v) is 4.21. The highest BCUT2D eigenvalue weighted by atomic mass is 32.2. The molecule has 0 aromatic heterocycles. The quantitative estimate of drug-likeness (QED) is 0.778. The Kier molecular flexibility index (Phi) is 4.72. The third-order valence-electron chi connectivity index (χ3n) is 3.92. The van der Waals surface area contributed by atoms with Crippen molar-refractivity contribution in [2.45, 2.75) is 49.7 Å². The summed E-state index contributed by atoms with van der Waals surface area (Å²) in [6.07, 6.45) is 4.77. The monoisotopic (exact) mass is 259 g/mol. The number of thioether (sulfide) groups is 1. The summed E-state index contributed by atoms with van der Waals surface area (Å²) in [4.78, 5) is 1.32. The first-order valence-electron chi connectivity index (χ1n) is 6.86. The number of benzene rings is 1. The lowest BCUT2D eigenvalue weighted by atomic mass is 9.81. The molecule has 1 aliphatic carbocycles. The molecular formula is C16H21NS. The van der Waals surface area contributed by atoms with E-state index in [1.165, 1.54) is 29.7 Å². The Labute approximate surface area is 115 Å². The van der Waals surface area contributed by atoms with Crippen LogP contribution in [0.3, 0.4) is 0 Å². The largest absolute Gasteiger partial charge is 0.198 e. The fourth-order valence-electron chi connectivity index (χ4n) is 2.72. The molecule has 0 amide bonds. The molecular weight excluding hydrogens is 238 g/mol. The fraction of sp³-hybridized carbons (Fsp3) is 0.562. The summed E-state index contributed by atoms with van der Waals surface area (Å²) in [7, 11) is 0. The predicted octanol–water partition coefficient (Wildman–Crippen LogP) is 4.81. The van der Waals surface area contributed by atoms with Crippen molar-refractivity contribution in [3.63, 3.8) is 0 Å². The van der Waals surface area contributed by atoms with Gasteiger partial charge in [-0.25, -0.2) is 0 Å². The highest BCUT2D eigenvalue weighted by Gasteiger charge is 2.30. The molecule has 1 aromatic carbocycles. The van der Waals surface area contributed by atoms with Gasteiger partial charge in [0.05, 0.1) is 12.0 Å². The van der Waals surface area contributed by atoms with Gasteiger partial charge in [-0.3, -0.25) is 0 Å². The highest BCUT2D eigenvalue weighted by Crippen LogP contribution is 2.40. The van der Waals surface area contributed by atoms with Crippen molar-refractivity contribution in [2.75, 3.05) is 0 Å². The number of nitriles is 1. The van der Waals surface area contributed by atoms with Gasteiger partial charge in [0, 0.05) is 10.1 Å². The zero-order valence-electron chi connectivity index (χ0n) is 11.2. The van der Waals surface area contributed by atoms with Crippen LogP contribution in [0, 0.1) is 30.1 Å². The van der Waals surface area contributed by atoms with Gasteiger partial charge in [0.1, 0.15) is 0 Å². The van der Waals surface area contributed by atoms with Crippen molar-refractivity contribution in [1.82, 2.24) is 0 Å². The van der Waals surface area contributed by atoms with Crippen LogP contribution in [0.5, 0.6) is 0 Å². The lowest BCUT2D eigenvalue weighted by molar-refractivity contribution is 0.317. The summed E-state index contributed by atoms with van der Waals surface area (Å²) in [6, 6.07) is 11.1. The average molecular weight is 259 g/mol. The van der Waals surface area contributed by atoms with Crippen molar-refractivity contribution >= 4 is 11.8 Å². The molecule has 0 aliphatic heterocycles. The number of nitrogens with zero attached hydrogens (tertiary/aromatic N) is 1. The smallest absolute Gasteiger partial charge is 0.0667 e. The first-order chi connectivity index (χ1) is 8.72. The highest BCUT2D eigenvalue weighted by molar-refractivity contribution is 8.00. The van der Waals surface area contributed by atoms with Crippen LogP contribution < -0.4 is 0 Å². The molecule has 1 nitrogen and oxygen atoms in total. The summed E-state index contributed by atoms with van der Waals surface area (Å²) in [5, 5.41) is 9.77. The van der Waals surface area contributed by atoms with Gasteiger partial charge in [-0.2, -0.15) is 5.26 Å². The van der Waals surface area contributed by atoms with Crippen molar-refractivity contribution in [1.29, 1.82) is 5.26 Å². The van der Waals surface area contributed by atoms with E-state index in [1.807, 2.05) is 11.8 Å². The van der Waals surface area contributed by atoms with Crippen molar-refractivity contribution in [3.8, 4) is 6.07 Å². The summed E-state index contributed by atoms with van der Waals surface area (Å²) >= 11 is 1.91. The van der Waals surface area contributed by atoms with Gasteiger partial charge in [0.25, 0.3) is 0 Å². The minimum Gasteiger partial charge on any atom is -0.198 e. The zero-order chi connectivity index (χ0) is 13.0. The summed E-state index contributed by atoms with van der Waals surface area (Å²) in [6.45, 7) is 4.40. The van der Waals surface area contributed by atoms with Crippen LogP contribution in [-0.2, 0) is 0 Å². The lowest BCUT2D eigenvalue weighted by Gasteiger charge is -2.31. The first-order valence-corrected chi connectivity index (χ1v) is 7.73. The van der Waals surface area contributed by atoms with Crippen LogP contribution in [0.1, 0.15) is 38.2 Å². The van der Waals surface area contributed by atoms with E-state index in [0.717, 1.165) is 12.3 Å². The molecule has 0 N–H and O–H groups in total. The van der Waals surface area contributed by atoms with Gasteiger partial charge >= 0.3 is 0 Å². The molecule has 2 heteroatoms. The van der Waals surface area contributed by atoms with Crippen molar-refractivity contribution in [2.24, 2.45) is 11.8 Å². The third kappa shape index (κ3) is 3.29. The predicted molar refractivity (Wildman–Crippen MR) is 77.6 cm³/mol. The molecule has 3 unspecified atom stereocenters. The summed E-state index contributed by atoms with van der Waals surface area (Å²) in [5.74, 6) is 1.05. The molecule has 1 aromatic rings. The van der Waals surface area contributed by atoms with Crippen LogP contribution in [-0.4, -0.2) is 5.25 Å². The summed E-state index contributed by atoms with van der Waals surface area (Å²) < 4.78 is 0. The van der Waals surface area contributed by atoms with Crippen LogP contribution in [0.15, 0.2) is 29.2 Å². The minimum absolute atomic E-state index is 0.235. The average Bonchev–Trinajstić information content (AvgIpc) is 2.38. The van der Waals surface area contributed by atoms with Gasteiger partial charge in [0.15, 0.2) is 0 Å². The molecule has 0 heterocycles. The van der Waals surface area contributed by atoms with E-state index < -0.39 is 0 Å². The Morgan fingerprint density at radius 3 is 2.89 bits per heavy atom. The van der Waals surface area contributed by atoms with E-state index in [4.69, 9.17) is 0 Å². The van der Waals surface area contributed by atoms with E-state index >= 15 is 0 Å². The van der Waals surface area contributed by atoms with Crippen LogP contribution in [0.4, 0.5) is 0 Å². The minimum atomic E-state index is 0.235. The van der Waals surface area contributed by atoms with Gasteiger partial charge in [-0.15, -0.1) is 11.8 Å². The Balaban J connectivity index is 2.07. The second kappa shape index (κ2) is 6.29. The van der Waals surface area contributed by atoms with Crippen LogP contribution in [0.2, 0.25) is 0 Å². The molecule has 0 spiro atoms. The number of rotatable bonds is 3. The number of aryl methyl sites for hydroxylation is 1. The Morgan fingerprint density at radius 1 is 1.39 bits per heavy atom. The maximum Gasteiger partial charge on any atom is 0.0667 e. The number of hydrogen-bond donors (Lipinski definition) is 0. The topological polar surface area (TPSA) is 23.8 Å². The Bertz CT molecular complexity index is 435. The standard InChI is InChI=1S/C16H21NS/c1-3-13-7-8-14(11-17)16(10-13)18-15-6-4-5-12(2)9-15/h4-6,9,13-14,16H,3,7-8,10H2,1-2H3. The molecule has 18 heavy (non-hydrogen) atoms. The second-order valence-electron chi connectivity index (χ2n) is 5.30. The third-order valence-corrected chi connectivity index (χ3v) is 5.27. The van der Waals surface area contributed by atoms with Crippen molar-refractivity contribution in [3.05, 3.63) is 29.8 Å². The molecule has 0 bridgehead atoms. The van der Waals surface area contributed by atoms with E-state index in [-0.39, 0.29) is 5.92 Å². The van der Waals surface area contributed by atoms with E-state index in [0.29, 0.717) is 5.25 Å². The first kappa shape index (κ1) is 13.5. The van der Waals surface area contributed by atoms with Crippen LogP contribution in [0.25, 0.3) is 0 Å². The second-order valence-corrected chi connectivity index (χ2v) is 6.61. The Morgan fingerprint density at radius 2 is 2.22 bits per heavy atom. The van der Waals surface area contributed by atoms with Gasteiger partial charge in [-0.05, 0) is 44.2 Å². The maximum atomic E-state index is 9.29. The molecule has 0 saturated heterocycles. The van der Waals surface area contributed by atoms with Crippen LogP contribution >= 0.6 is 11.8 Å². The van der Waals surface area contributed by atoms with Gasteiger partial charge in [-0.1, -0.05) is 31.0 Å². The van der Waals surface area contributed by atoms with E-state index in [9.17, 15) is 5.26 Å². The molecule has 1 fully saturated rings.